The topological polar surface area (TPSA) is 55.6 Å². The Morgan fingerprint density at radius 2 is 2.04 bits per heavy atom. The van der Waals surface area contributed by atoms with E-state index in [0.717, 1.165) is 24.8 Å². The molecule has 3 atom stereocenters. The predicted molar refractivity (Wildman–Crippen MR) is 95.6 cm³/mol. The summed E-state index contributed by atoms with van der Waals surface area (Å²) in [6.07, 6.45) is 3.15. The van der Waals surface area contributed by atoms with Crippen molar-refractivity contribution in [1.82, 2.24) is 4.90 Å². The molecule has 1 amide bonds. The lowest BCUT2D eigenvalue weighted by molar-refractivity contribution is -0.139. The lowest BCUT2D eigenvalue weighted by Crippen LogP contribution is -2.42. The molecule has 0 aromatic heterocycles. The SMILES string of the molecule is COCCN(C(=O)[C@@H]1CCC[C@@H]1CN)C(C)c1ccccc1.Cl. The summed E-state index contributed by atoms with van der Waals surface area (Å²) in [6, 6.07) is 10.2. The summed E-state index contributed by atoms with van der Waals surface area (Å²) < 4.78 is 5.21. The fourth-order valence-corrected chi connectivity index (χ4v) is 3.45. The number of carbonyl (C=O) groups is 1. The minimum Gasteiger partial charge on any atom is -0.383 e. The quantitative estimate of drug-likeness (QED) is 0.830. The summed E-state index contributed by atoms with van der Waals surface area (Å²) in [4.78, 5) is 15.0. The second kappa shape index (κ2) is 9.91. The molecule has 4 nitrogen and oxygen atoms in total. The van der Waals surface area contributed by atoms with Crippen molar-refractivity contribution in [3.05, 3.63) is 35.9 Å². The minimum absolute atomic E-state index is 0. The molecule has 0 spiro atoms. The third kappa shape index (κ3) is 4.93. The van der Waals surface area contributed by atoms with E-state index in [4.69, 9.17) is 10.5 Å². The first-order chi connectivity index (χ1) is 10.7. The first-order valence-electron chi connectivity index (χ1n) is 8.23. The maximum Gasteiger partial charge on any atom is 0.226 e. The van der Waals surface area contributed by atoms with Crippen molar-refractivity contribution in [2.75, 3.05) is 26.8 Å². The van der Waals surface area contributed by atoms with E-state index in [9.17, 15) is 4.79 Å². The van der Waals surface area contributed by atoms with Crippen molar-refractivity contribution in [1.29, 1.82) is 0 Å². The molecule has 1 aromatic carbocycles. The molecule has 2 N–H and O–H groups in total. The van der Waals surface area contributed by atoms with E-state index in [1.54, 1.807) is 7.11 Å². The fourth-order valence-electron chi connectivity index (χ4n) is 3.45. The Balaban J connectivity index is 0.00000264. The van der Waals surface area contributed by atoms with Crippen LogP contribution in [0.4, 0.5) is 0 Å². The van der Waals surface area contributed by atoms with Crippen molar-refractivity contribution < 1.29 is 9.53 Å². The van der Waals surface area contributed by atoms with E-state index >= 15 is 0 Å². The summed E-state index contributed by atoms with van der Waals surface area (Å²) >= 11 is 0. The van der Waals surface area contributed by atoms with Crippen LogP contribution in [0.25, 0.3) is 0 Å². The van der Waals surface area contributed by atoms with Gasteiger partial charge in [-0.25, -0.2) is 0 Å². The number of carbonyl (C=O) groups excluding carboxylic acids is 1. The number of hydrogen-bond acceptors (Lipinski definition) is 3. The minimum atomic E-state index is 0. The van der Waals surface area contributed by atoms with Gasteiger partial charge in [-0.15, -0.1) is 12.4 Å². The van der Waals surface area contributed by atoms with Crippen molar-refractivity contribution in [2.45, 2.75) is 32.2 Å². The Hall–Kier alpha value is -1.10. The van der Waals surface area contributed by atoms with Crippen LogP contribution in [0.5, 0.6) is 0 Å². The fraction of sp³-hybridized carbons (Fsp3) is 0.611. The molecule has 0 heterocycles. The number of ether oxygens (including phenoxy) is 1. The lowest BCUT2D eigenvalue weighted by atomic mass is 9.93. The highest BCUT2D eigenvalue weighted by molar-refractivity contribution is 5.85. The van der Waals surface area contributed by atoms with Gasteiger partial charge < -0.3 is 15.4 Å². The molecular formula is C18H29ClN2O2. The van der Waals surface area contributed by atoms with Gasteiger partial charge in [0, 0.05) is 19.6 Å². The molecule has 1 fully saturated rings. The molecule has 0 radical (unpaired) electrons. The summed E-state index contributed by atoms with van der Waals surface area (Å²) in [5, 5.41) is 0. The number of amides is 1. The van der Waals surface area contributed by atoms with Gasteiger partial charge in [0.05, 0.1) is 12.6 Å². The zero-order valence-corrected chi connectivity index (χ0v) is 14.9. The van der Waals surface area contributed by atoms with Gasteiger partial charge in [-0.2, -0.15) is 0 Å². The number of methoxy groups -OCH3 is 1. The van der Waals surface area contributed by atoms with Gasteiger partial charge in [0.2, 0.25) is 5.91 Å². The molecule has 0 aliphatic heterocycles. The average molecular weight is 341 g/mol. The Kier molecular flexibility index (Phi) is 8.59. The molecule has 1 aliphatic carbocycles. The van der Waals surface area contributed by atoms with Crippen molar-refractivity contribution >= 4 is 18.3 Å². The maximum absolute atomic E-state index is 13.1. The molecule has 2 rings (SSSR count). The zero-order chi connectivity index (χ0) is 15.9. The van der Waals surface area contributed by atoms with Gasteiger partial charge >= 0.3 is 0 Å². The van der Waals surface area contributed by atoms with Crippen LogP contribution >= 0.6 is 12.4 Å². The van der Waals surface area contributed by atoms with E-state index in [1.807, 2.05) is 23.1 Å². The monoisotopic (exact) mass is 340 g/mol. The standard InChI is InChI=1S/C18H28N2O2.ClH/c1-14(15-7-4-3-5-8-15)20(11-12-22-2)18(21)17-10-6-9-16(17)13-19;/h3-5,7-8,14,16-17H,6,9-13,19H2,1-2H3;1H/t14?,16-,17-;/m1./s1. The normalized spacial score (nSPS) is 21.5. The Morgan fingerprint density at radius 1 is 1.35 bits per heavy atom. The van der Waals surface area contributed by atoms with Crippen LogP contribution in [0.1, 0.15) is 37.8 Å². The lowest BCUT2D eigenvalue weighted by Gasteiger charge is -2.33. The Labute approximate surface area is 145 Å². The van der Waals surface area contributed by atoms with Crippen molar-refractivity contribution in [3.8, 4) is 0 Å². The van der Waals surface area contributed by atoms with E-state index in [-0.39, 0.29) is 30.3 Å². The van der Waals surface area contributed by atoms with Crippen LogP contribution in [0, 0.1) is 11.8 Å². The predicted octanol–water partition coefficient (Wildman–Crippen LogP) is 3.02. The number of halogens is 1. The van der Waals surface area contributed by atoms with Crippen LogP contribution in [0.3, 0.4) is 0 Å². The Bertz CT molecular complexity index is 469. The summed E-state index contributed by atoms with van der Waals surface area (Å²) in [5.74, 6) is 0.648. The summed E-state index contributed by atoms with van der Waals surface area (Å²) in [6.45, 7) is 3.88. The number of rotatable bonds is 7. The van der Waals surface area contributed by atoms with E-state index in [2.05, 4.69) is 19.1 Å². The van der Waals surface area contributed by atoms with Gasteiger partial charge in [0.15, 0.2) is 0 Å². The van der Waals surface area contributed by atoms with Gasteiger partial charge in [-0.1, -0.05) is 36.8 Å². The highest BCUT2D eigenvalue weighted by Crippen LogP contribution is 2.34. The van der Waals surface area contributed by atoms with Crippen LogP contribution in [0.15, 0.2) is 30.3 Å². The zero-order valence-electron chi connectivity index (χ0n) is 14.1. The number of benzene rings is 1. The van der Waals surface area contributed by atoms with E-state index < -0.39 is 0 Å². The molecule has 1 unspecified atom stereocenters. The average Bonchev–Trinajstić information content (AvgIpc) is 3.04. The maximum atomic E-state index is 13.1. The molecule has 1 aromatic rings. The summed E-state index contributed by atoms with van der Waals surface area (Å²) in [5.41, 5.74) is 7.02. The van der Waals surface area contributed by atoms with E-state index in [1.165, 1.54) is 0 Å². The van der Waals surface area contributed by atoms with Gasteiger partial charge in [-0.3, -0.25) is 4.79 Å². The van der Waals surface area contributed by atoms with Crippen molar-refractivity contribution in [2.24, 2.45) is 17.6 Å². The van der Waals surface area contributed by atoms with Crippen LogP contribution in [0.2, 0.25) is 0 Å². The van der Waals surface area contributed by atoms with Gasteiger partial charge in [-0.05, 0) is 37.8 Å². The van der Waals surface area contributed by atoms with Crippen LogP contribution in [-0.4, -0.2) is 37.6 Å². The second-order valence-electron chi connectivity index (χ2n) is 6.14. The van der Waals surface area contributed by atoms with Crippen LogP contribution < -0.4 is 5.73 Å². The molecule has 5 heteroatoms. The Morgan fingerprint density at radius 3 is 2.65 bits per heavy atom. The third-order valence-electron chi connectivity index (χ3n) is 4.85. The molecule has 0 saturated heterocycles. The molecular weight excluding hydrogens is 312 g/mol. The highest BCUT2D eigenvalue weighted by atomic mass is 35.5. The molecule has 0 bridgehead atoms. The van der Waals surface area contributed by atoms with Gasteiger partial charge in [0.1, 0.15) is 0 Å². The highest BCUT2D eigenvalue weighted by Gasteiger charge is 2.36. The molecule has 1 saturated carbocycles. The number of nitrogens with two attached hydrogens (primary N) is 1. The largest absolute Gasteiger partial charge is 0.383 e. The van der Waals surface area contributed by atoms with Crippen molar-refractivity contribution in [3.63, 3.8) is 0 Å². The van der Waals surface area contributed by atoms with E-state index in [0.29, 0.717) is 25.6 Å². The summed E-state index contributed by atoms with van der Waals surface area (Å²) in [7, 11) is 1.67. The molecule has 23 heavy (non-hydrogen) atoms. The number of nitrogens with zero attached hydrogens (tertiary/aromatic N) is 1. The smallest absolute Gasteiger partial charge is 0.226 e. The molecule has 1 aliphatic rings. The first-order valence-corrected chi connectivity index (χ1v) is 8.23. The molecule has 130 valence electrons. The van der Waals surface area contributed by atoms with Crippen LogP contribution in [-0.2, 0) is 9.53 Å². The van der Waals surface area contributed by atoms with Gasteiger partial charge in [0.25, 0.3) is 0 Å². The second-order valence-corrected chi connectivity index (χ2v) is 6.14. The number of hydrogen-bond donors (Lipinski definition) is 1. The first kappa shape index (κ1) is 19.9. The third-order valence-corrected chi connectivity index (χ3v) is 4.85.